The number of anilines is 1. The summed E-state index contributed by atoms with van der Waals surface area (Å²) in [5, 5.41) is 5.84. The van der Waals surface area contributed by atoms with Crippen LogP contribution in [0.4, 0.5) is 10.5 Å². The molecule has 0 aliphatic carbocycles. The van der Waals surface area contributed by atoms with Gasteiger partial charge in [0.1, 0.15) is 23.4 Å². The average Bonchev–Trinajstić information content (AvgIpc) is 2.87. The summed E-state index contributed by atoms with van der Waals surface area (Å²) >= 11 is 0. The highest BCUT2D eigenvalue weighted by atomic mass is 16.6. The Bertz CT molecular complexity index is 1200. The smallest absolute Gasteiger partial charge is 0.408 e. The molecule has 0 saturated heterocycles. The van der Waals surface area contributed by atoms with Crippen LogP contribution in [0.2, 0.25) is 0 Å². The van der Waals surface area contributed by atoms with Crippen LogP contribution in [-0.4, -0.2) is 47.1 Å². The summed E-state index contributed by atoms with van der Waals surface area (Å²) in [5.41, 5.74) is 1.71. The molecule has 0 heterocycles. The van der Waals surface area contributed by atoms with Crippen molar-refractivity contribution in [3.8, 4) is 5.75 Å². The minimum Gasteiger partial charge on any atom is -0.497 e. The summed E-state index contributed by atoms with van der Waals surface area (Å²) in [6.07, 6.45) is 0.293. The Kier molecular flexibility index (Phi) is 11.4. The van der Waals surface area contributed by atoms with Crippen LogP contribution in [0.5, 0.6) is 5.75 Å². The maximum absolute atomic E-state index is 14.6. The molecule has 2 aromatic rings. The van der Waals surface area contributed by atoms with Crippen molar-refractivity contribution in [3.05, 3.63) is 59.2 Å². The summed E-state index contributed by atoms with van der Waals surface area (Å²) in [6.45, 7) is 19.1. The highest BCUT2D eigenvalue weighted by Gasteiger charge is 2.43. The third-order valence-electron chi connectivity index (χ3n) is 7.04. The highest BCUT2D eigenvalue weighted by molar-refractivity contribution is 5.99. The summed E-state index contributed by atoms with van der Waals surface area (Å²) in [4.78, 5) is 43.4. The number of aryl methyl sites for hydroxylation is 2. The lowest BCUT2D eigenvalue weighted by atomic mass is 9.89. The molecule has 2 atom stereocenters. The Balaban J connectivity index is 2.68. The largest absolute Gasteiger partial charge is 0.497 e. The van der Waals surface area contributed by atoms with Crippen molar-refractivity contribution in [2.45, 2.75) is 105 Å². The molecule has 41 heavy (non-hydrogen) atoms. The molecule has 226 valence electrons. The van der Waals surface area contributed by atoms with Gasteiger partial charge in [0.05, 0.1) is 7.11 Å². The summed E-state index contributed by atoms with van der Waals surface area (Å²) in [7, 11) is 1.58. The van der Waals surface area contributed by atoms with Crippen molar-refractivity contribution in [2.24, 2.45) is 5.92 Å². The van der Waals surface area contributed by atoms with Crippen molar-refractivity contribution in [1.82, 2.24) is 10.2 Å². The van der Waals surface area contributed by atoms with Crippen molar-refractivity contribution >= 4 is 23.6 Å². The van der Waals surface area contributed by atoms with E-state index in [1.807, 2.05) is 66.7 Å². The molecular weight excluding hydrogens is 518 g/mol. The number of benzene rings is 2. The second-order valence-electron chi connectivity index (χ2n) is 12.7. The molecule has 8 nitrogen and oxygen atoms in total. The normalized spacial score (nSPS) is 13.3. The zero-order chi connectivity index (χ0) is 31.1. The van der Waals surface area contributed by atoms with Crippen LogP contribution in [0.3, 0.4) is 0 Å². The van der Waals surface area contributed by atoms with Gasteiger partial charge in [-0.3, -0.25) is 9.59 Å². The lowest BCUT2D eigenvalue weighted by Crippen LogP contribution is -2.59. The van der Waals surface area contributed by atoms with Gasteiger partial charge in [0, 0.05) is 11.2 Å². The SMILES string of the molecule is CCC(C)(C)N(C(=O)C(CC(C)C)NC(=O)OC(C)(C)C)C(C(=O)Nc1ccc(OC)cc1)c1cc(C)ccc1C. The standard InChI is InChI=1S/C33H49N3O5/c1-12-33(9,10)36(30(38)27(19-21(2)3)35-31(39)41-32(6,7)8)28(26-20-22(4)13-14-23(26)5)29(37)34-24-15-17-25(40-11)18-16-24/h13-18,20-21,27-28H,12,19H2,1-11H3,(H,34,37)(H,35,39). The zero-order valence-corrected chi connectivity index (χ0v) is 26.7. The molecule has 0 fully saturated rings. The van der Waals surface area contributed by atoms with Crippen LogP contribution in [-0.2, 0) is 14.3 Å². The molecule has 0 spiro atoms. The first-order chi connectivity index (χ1) is 19.0. The van der Waals surface area contributed by atoms with E-state index in [1.54, 1.807) is 57.0 Å². The topological polar surface area (TPSA) is 97.0 Å². The number of hydrogen-bond donors (Lipinski definition) is 2. The van der Waals surface area contributed by atoms with Gasteiger partial charge in [-0.2, -0.15) is 0 Å². The van der Waals surface area contributed by atoms with E-state index >= 15 is 0 Å². The summed E-state index contributed by atoms with van der Waals surface area (Å²) < 4.78 is 10.8. The quantitative estimate of drug-likeness (QED) is 0.306. The number of nitrogens with zero attached hydrogens (tertiary/aromatic N) is 1. The first kappa shape index (κ1) is 33.7. The Hall–Kier alpha value is -3.55. The van der Waals surface area contributed by atoms with E-state index < -0.39 is 29.3 Å². The fraction of sp³-hybridized carbons (Fsp3) is 0.545. The Morgan fingerprint density at radius 1 is 0.951 bits per heavy atom. The number of methoxy groups -OCH3 is 1. The lowest BCUT2D eigenvalue weighted by Gasteiger charge is -2.45. The number of amides is 3. The third kappa shape index (κ3) is 9.51. The highest BCUT2D eigenvalue weighted by Crippen LogP contribution is 2.35. The van der Waals surface area contributed by atoms with E-state index in [1.165, 1.54) is 0 Å². The Morgan fingerprint density at radius 3 is 2.07 bits per heavy atom. The van der Waals surface area contributed by atoms with Crippen LogP contribution >= 0.6 is 0 Å². The van der Waals surface area contributed by atoms with Crippen LogP contribution in [0, 0.1) is 19.8 Å². The van der Waals surface area contributed by atoms with Gasteiger partial charge in [-0.1, -0.05) is 44.5 Å². The van der Waals surface area contributed by atoms with E-state index in [9.17, 15) is 14.4 Å². The molecule has 2 N–H and O–H groups in total. The molecule has 0 aliphatic heterocycles. The van der Waals surface area contributed by atoms with E-state index in [-0.39, 0.29) is 17.7 Å². The first-order valence-corrected chi connectivity index (χ1v) is 14.3. The van der Waals surface area contributed by atoms with Gasteiger partial charge in [-0.25, -0.2) is 4.79 Å². The average molecular weight is 568 g/mol. The molecule has 0 aromatic heterocycles. The van der Waals surface area contributed by atoms with Crippen LogP contribution in [0.25, 0.3) is 0 Å². The maximum atomic E-state index is 14.6. The Labute approximate surface area is 246 Å². The minimum atomic E-state index is -0.963. The van der Waals surface area contributed by atoms with Gasteiger partial charge < -0.3 is 25.0 Å². The number of hydrogen-bond acceptors (Lipinski definition) is 5. The van der Waals surface area contributed by atoms with E-state index in [4.69, 9.17) is 9.47 Å². The van der Waals surface area contributed by atoms with Gasteiger partial charge >= 0.3 is 6.09 Å². The van der Waals surface area contributed by atoms with Gasteiger partial charge in [-0.05, 0) is 103 Å². The Morgan fingerprint density at radius 2 is 1.56 bits per heavy atom. The third-order valence-corrected chi connectivity index (χ3v) is 7.04. The molecular formula is C33H49N3O5. The number of carbonyl (C=O) groups is 3. The van der Waals surface area contributed by atoms with Crippen molar-refractivity contribution < 1.29 is 23.9 Å². The van der Waals surface area contributed by atoms with Crippen LogP contribution < -0.4 is 15.4 Å². The molecule has 0 aliphatic rings. The number of alkyl carbamates (subject to hydrolysis) is 1. The van der Waals surface area contributed by atoms with Crippen LogP contribution in [0.15, 0.2) is 42.5 Å². The molecule has 0 saturated carbocycles. The number of rotatable bonds is 11. The maximum Gasteiger partial charge on any atom is 0.408 e. The van der Waals surface area contributed by atoms with Gasteiger partial charge in [0.25, 0.3) is 5.91 Å². The van der Waals surface area contributed by atoms with Crippen molar-refractivity contribution in [3.63, 3.8) is 0 Å². The number of carbonyl (C=O) groups excluding carboxylic acids is 3. The zero-order valence-electron chi connectivity index (χ0n) is 26.7. The predicted octanol–water partition coefficient (Wildman–Crippen LogP) is 6.95. The summed E-state index contributed by atoms with van der Waals surface area (Å²) in [5.74, 6) is 0.0759. The molecule has 2 aromatic carbocycles. The second-order valence-corrected chi connectivity index (χ2v) is 12.7. The van der Waals surface area contributed by atoms with Gasteiger partial charge in [0.15, 0.2) is 0 Å². The second kappa shape index (κ2) is 13.9. The molecule has 2 unspecified atom stereocenters. The van der Waals surface area contributed by atoms with Crippen molar-refractivity contribution in [2.75, 3.05) is 12.4 Å². The van der Waals surface area contributed by atoms with E-state index in [0.717, 1.165) is 16.7 Å². The molecule has 0 bridgehead atoms. The predicted molar refractivity (Wildman–Crippen MR) is 164 cm³/mol. The van der Waals surface area contributed by atoms with E-state index in [2.05, 4.69) is 10.6 Å². The summed E-state index contributed by atoms with van der Waals surface area (Å²) in [6, 6.07) is 11.1. The molecule has 8 heteroatoms. The minimum absolute atomic E-state index is 0.0951. The van der Waals surface area contributed by atoms with Crippen LogP contribution in [0.1, 0.15) is 91.0 Å². The number of nitrogens with one attached hydrogen (secondary N) is 2. The van der Waals surface area contributed by atoms with Crippen molar-refractivity contribution in [1.29, 1.82) is 0 Å². The fourth-order valence-corrected chi connectivity index (χ4v) is 4.59. The lowest BCUT2D eigenvalue weighted by molar-refractivity contribution is -0.148. The molecule has 0 radical (unpaired) electrons. The van der Waals surface area contributed by atoms with E-state index in [0.29, 0.717) is 24.3 Å². The monoisotopic (exact) mass is 567 g/mol. The number of ether oxygens (including phenoxy) is 2. The molecule has 2 rings (SSSR count). The van der Waals surface area contributed by atoms with Gasteiger partial charge in [-0.15, -0.1) is 0 Å². The molecule has 3 amide bonds. The fourth-order valence-electron chi connectivity index (χ4n) is 4.59. The van der Waals surface area contributed by atoms with Gasteiger partial charge in [0.2, 0.25) is 5.91 Å². The first-order valence-electron chi connectivity index (χ1n) is 14.3.